The molecular formula is C17H14ClNO4S. The van der Waals surface area contributed by atoms with Gasteiger partial charge in [0, 0.05) is 30.1 Å². The summed E-state index contributed by atoms with van der Waals surface area (Å²) in [4.78, 5) is 11.3. The quantitative estimate of drug-likeness (QED) is 0.667. The van der Waals surface area contributed by atoms with Crippen molar-refractivity contribution in [2.24, 2.45) is 0 Å². The number of hydrogen-bond acceptors (Lipinski definition) is 4. The maximum absolute atomic E-state index is 12.7. The maximum atomic E-state index is 12.7. The topological polar surface area (TPSA) is 67.6 Å². The first-order valence-electron chi connectivity index (χ1n) is 7.11. The van der Waals surface area contributed by atoms with E-state index >= 15 is 0 Å². The molecule has 1 heterocycles. The van der Waals surface area contributed by atoms with Crippen molar-refractivity contribution in [3.8, 4) is 0 Å². The summed E-state index contributed by atoms with van der Waals surface area (Å²) in [5, 5.41) is 1.15. The Labute approximate surface area is 144 Å². The Morgan fingerprint density at radius 1 is 1.04 bits per heavy atom. The molecule has 2 aromatic carbocycles. The Morgan fingerprint density at radius 3 is 2.46 bits per heavy atom. The lowest BCUT2D eigenvalue weighted by Crippen LogP contribution is -2.26. The fourth-order valence-corrected chi connectivity index (χ4v) is 3.64. The van der Waals surface area contributed by atoms with E-state index in [-0.39, 0.29) is 11.4 Å². The van der Waals surface area contributed by atoms with Crippen LogP contribution in [0.4, 0.5) is 0 Å². The molecule has 7 heteroatoms. The zero-order valence-electron chi connectivity index (χ0n) is 12.8. The molecule has 0 saturated carbocycles. The predicted octanol–water partition coefficient (Wildman–Crippen LogP) is 3.27. The van der Waals surface area contributed by atoms with Crippen LogP contribution >= 0.6 is 11.6 Å². The summed E-state index contributed by atoms with van der Waals surface area (Å²) in [6.07, 6.45) is 0. The van der Waals surface area contributed by atoms with Crippen molar-refractivity contribution in [2.75, 3.05) is 7.05 Å². The number of rotatable bonds is 4. The fourth-order valence-electron chi connectivity index (χ4n) is 2.32. The van der Waals surface area contributed by atoms with Gasteiger partial charge in [0.25, 0.3) is 0 Å². The van der Waals surface area contributed by atoms with Crippen LogP contribution in [-0.4, -0.2) is 19.8 Å². The van der Waals surface area contributed by atoms with E-state index in [2.05, 4.69) is 0 Å². The van der Waals surface area contributed by atoms with Gasteiger partial charge >= 0.3 is 5.63 Å². The highest BCUT2D eigenvalue weighted by Crippen LogP contribution is 2.22. The van der Waals surface area contributed by atoms with Gasteiger partial charge in [0.1, 0.15) is 5.58 Å². The molecule has 0 atom stereocenters. The van der Waals surface area contributed by atoms with Crippen LogP contribution in [0, 0.1) is 0 Å². The summed E-state index contributed by atoms with van der Waals surface area (Å²) in [5.74, 6) is 0. The molecule has 0 saturated heterocycles. The zero-order valence-corrected chi connectivity index (χ0v) is 14.3. The van der Waals surface area contributed by atoms with Crippen molar-refractivity contribution in [1.29, 1.82) is 0 Å². The zero-order chi connectivity index (χ0) is 17.3. The number of nitrogens with zero attached hydrogens (tertiary/aromatic N) is 1. The summed E-state index contributed by atoms with van der Waals surface area (Å²) in [5.41, 5.74) is 0.706. The first kappa shape index (κ1) is 16.7. The molecule has 3 aromatic rings. The molecule has 1 aromatic heterocycles. The van der Waals surface area contributed by atoms with Crippen LogP contribution in [0.3, 0.4) is 0 Å². The minimum atomic E-state index is -3.67. The van der Waals surface area contributed by atoms with Crippen LogP contribution < -0.4 is 5.63 Å². The number of hydrogen-bond donors (Lipinski definition) is 0. The Balaban J connectivity index is 1.92. The van der Waals surface area contributed by atoms with Crippen molar-refractivity contribution in [2.45, 2.75) is 11.4 Å². The molecule has 0 radical (unpaired) electrons. The van der Waals surface area contributed by atoms with Crippen LogP contribution in [-0.2, 0) is 16.6 Å². The molecule has 0 aliphatic rings. The monoisotopic (exact) mass is 363 g/mol. The molecule has 0 amide bonds. The fraction of sp³-hybridized carbons (Fsp3) is 0.118. The lowest BCUT2D eigenvalue weighted by atomic mass is 10.2. The Kier molecular flexibility index (Phi) is 4.45. The van der Waals surface area contributed by atoms with Crippen LogP contribution in [0.1, 0.15) is 5.56 Å². The average molecular weight is 364 g/mol. The molecule has 124 valence electrons. The molecule has 3 rings (SSSR count). The second-order valence-electron chi connectivity index (χ2n) is 5.34. The number of halogens is 1. The van der Waals surface area contributed by atoms with E-state index < -0.39 is 15.6 Å². The molecule has 0 fully saturated rings. The van der Waals surface area contributed by atoms with Crippen LogP contribution in [0.15, 0.2) is 68.7 Å². The second kappa shape index (κ2) is 6.39. The summed E-state index contributed by atoms with van der Waals surface area (Å²) < 4.78 is 31.7. The standard InChI is InChI=1S/C17H14ClNO4S/c1-19(11-12-2-5-14(18)6-3-12)24(21,22)15-7-8-16-13(10-15)4-9-17(20)23-16/h2-10H,11H2,1H3. The smallest absolute Gasteiger partial charge is 0.336 e. The summed E-state index contributed by atoms with van der Waals surface area (Å²) in [6, 6.07) is 14.2. The molecule has 0 aliphatic carbocycles. The highest BCUT2D eigenvalue weighted by molar-refractivity contribution is 7.89. The van der Waals surface area contributed by atoms with E-state index in [0.717, 1.165) is 5.56 Å². The minimum absolute atomic E-state index is 0.139. The van der Waals surface area contributed by atoms with Gasteiger partial charge in [-0.25, -0.2) is 13.2 Å². The summed E-state index contributed by atoms with van der Waals surface area (Å²) in [6.45, 7) is 0.224. The lowest BCUT2D eigenvalue weighted by Gasteiger charge is -2.17. The second-order valence-corrected chi connectivity index (χ2v) is 7.82. The van der Waals surface area contributed by atoms with Crippen molar-refractivity contribution < 1.29 is 12.8 Å². The highest BCUT2D eigenvalue weighted by Gasteiger charge is 2.21. The Morgan fingerprint density at radius 2 is 1.75 bits per heavy atom. The van der Waals surface area contributed by atoms with Crippen molar-refractivity contribution in [3.05, 3.63) is 75.6 Å². The van der Waals surface area contributed by atoms with Crippen molar-refractivity contribution in [3.63, 3.8) is 0 Å². The largest absolute Gasteiger partial charge is 0.423 e. The normalized spacial score (nSPS) is 12.0. The molecule has 0 N–H and O–H groups in total. The first-order valence-corrected chi connectivity index (χ1v) is 8.93. The van der Waals surface area contributed by atoms with E-state index in [1.807, 2.05) is 0 Å². The lowest BCUT2D eigenvalue weighted by molar-refractivity contribution is 0.467. The SMILES string of the molecule is CN(Cc1ccc(Cl)cc1)S(=O)(=O)c1ccc2oc(=O)ccc2c1. The van der Waals surface area contributed by atoms with Gasteiger partial charge in [0.05, 0.1) is 4.90 Å². The third-order valence-electron chi connectivity index (χ3n) is 3.62. The van der Waals surface area contributed by atoms with E-state index in [0.29, 0.717) is 16.0 Å². The van der Waals surface area contributed by atoms with Crippen LogP contribution in [0.2, 0.25) is 5.02 Å². The van der Waals surface area contributed by atoms with Gasteiger partial charge in [-0.1, -0.05) is 23.7 Å². The third-order valence-corrected chi connectivity index (χ3v) is 5.67. The minimum Gasteiger partial charge on any atom is -0.423 e. The van der Waals surface area contributed by atoms with Gasteiger partial charge < -0.3 is 4.42 Å². The average Bonchev–Trinajstić information content (AvgIpc) is 2.56. The van der Waals surface area contributed by atoms with Gasteiger partial charge in [0.15, 0.2) is 0 Å². The highest BCUT2D eigenvalue weighted by atomic mass is 35.5. The molecular weight excluding hydrogens is 350 g/mol. The van der Waals surface area contributed by atoms with E-state index in [1.165, 1.54) is 35.6 Å². The van der Waals surface area contributed by atoms with E-state index in [9.17, 15) is 13.2 Å². The van der Waals surface area contributed by atoms with Crippen molar-refractivity contribution in [1.82, 2.24) is 4.31 Å². The van der Waals surface area contributed by atoms with E-state index in [4.69, 9.17) is 16.0 Å². The predicted molar refractivity (Wildman–Crippen MR) is 92.6 cm³/mol. The molecule has 0 bridgehead atoms. The Hall–Kier alpha value is -2.15. The third kappa shape index (κ3) is 3.36. The van der Waals surface area contributed by atoms with Gasteiger partial charge in [-0.05, 0) is 42.0 Å². The molecule has 5 nitrogen and oxygen atoms in total. The van der Waals surface area contributed by atoms with Gasteiger partial charge in [-0.2, -0.15) is 4.31 Å². The molecule has 0 aliphatic heterocycles. The maximum Gasteiger partial charge on any atom is 0.336 e. The van der Waals surface area contributed by atoms with Gasteiger partial charge in [-0.15, -0.1) is 0 Å². The van der Waals surface area contributed by atoms with Gasteiger partial charge in [0.2, 0.25) is 10.0 Å². The molecule has 0 spiro atoms. The molecule has 24 heavy (non-hydrogen) atoms. The number of fused-ring (bicyclic) bond motifs is 1. The summed E-state index contributed by atoms with van der Waals surface area (Å²) >= 11 is 5.84. The number of sulfonamides is 1. The van der Waals surface area contributed by atoms with Crippen LogP contribution in [0.25, 0.3) is 11.0 Å². The first-order chi connectivity index (χ1) is 11.4. The van der Waals surface area contributed by atoms with Crippen LogP contribution in [0.5, 0.6) is 0 Å². The van der Waals surface area contributed by atoms with Crippen molar-refractivity contribution >= 4 is 32.6 Å². The van der Waals surface area contributed by atoms with E-state index in [1.54, 1.807) is 30.3 Å². The van der Waals surface area contributed by atoms with Gasteiger partial charge in [-0.3, -0.25) is 0 Å². The summed E-state index contributed by atoms with van der Waals surface area (Å²) in [7, 11) is -2.16. The number of benzene rings is 2. The molecule has 0 unspecified atom stereocenters. The Bertz CT molecular complexity index is 1040.